The highest BCUT2D eigenvalue weighted by molar-refractivity contribution is 5.71. The van der Waals surface area contributed by atoms with E-state index in [1.54, 1.807) is 0 Å². The number of rotatable bonds is 4. The summed E-state index contributed by atoms with van der Waals surface area (Å²) >= 11 is 0. The van der Waals surface area contributed by atoms with Gasteiger partial charge >= 0.3 is 0 Å². The summed E-state index contributed by atoms with van der Waals surface area (Å²) in [6.45, 7) is 14.8. The number of benzene rings is 1. The lowest BCUT2D eigenvalue weighted by atomic mass is 9.88. The molecule has 108 valence electrons. The van der Waals surface area contributed by atoms with E-state index < -0.39 is 0 Å². The lowest BCUT2D eigenvalue weighted by Crippen LogP contribution is -2.10. The quantitative estimate of drug-likeness (QED) is 0.879. The predicted molar refractivity (Wildman–Crippen MR) is 85.2 cm³/mol. The second-order valence-electron chi connectivity index (χ2n) is 5.55. The summed E-state index contributed by atoms with van der Waals surface area (Å²) < 4.78 is 6.02. The molecule has 0 saturated carbocycles. The maximum Gasteiger partial charge on any atom is 0.134 e. The van der Waals surface area contributed by atoms with Crippen LogP contribution in [-0.2, 0) is 6.54 Å². The molecule has 2 rings (SSSR count). The zero-order valence-corrected chi connectivity index (χ0v) is 13.5. The van der Waals surface area contributed by atoms with Crippen LogP contribution in [0.4, 0.5) is 0 Å². The van der Waals surface area contributed by atoms with Gasteiger partial charge in [0.1, 0.15) is 11.5 Å². The van der Waals surface area contributed by atoms with Gasteiger partial charge in [-0.1, -0.05) is 6.92 Å². The van der Waals surface area contributed by atoms with Crippen LogP contribution in [0, 0.1) is 34.6 Å². The van der Waals surface area contributed by atoms with Crippen molar-refractivity contribution in [2.75, 3.05) is 6.54 Å². The second-order valence-corrected chi connectivity index (χ2v) is 5.55. The molecule has 0 amide bonds. The molecule has 0 radical (unpaired) electrons. The van der Waals surface area contributed by atoms with Gasteiger partial charge in [-0.25, -0.2) is 0 Å². The normalized spacial score (nSPS) is 11.1. The molecule has 0 spiro atoms. The number of hydrogen-bond donors (Lipinski definition) is 1. The summed E-state index contributed by atoms with van der Waals surface area (Å²) in [6.07, 6.45) is 0. The molecule has 2 aromatic rings. The van der Waals surface area contributed by atoms with Gasteiger partial charge in [0, 0.05) is 5.56 Å². The molecule has 2 nitrogen and oxygen atoms in total. The Morgan fingerprint density at radius 2 is 1.40 bits per heavy atom. The fourth-order valence-corrected chi connectivity index (χ4v) is 2.73. The molecule has 1 aromatic heterocycles. The molecule has 1 aromatic carbocycles. The molecule has 0 fully saturated rings. The Morgan fingerprint density at radius 3 is 1.95 bits per heavy atom. The zero-order chi connectivity index (χ0) is 14.9. The van der Waals surface area contributed by atoms with Crippen LogP contribution in [0.1, 0.15) is 40.5 Å². The molecular formula is C18H25NO. The Hall–Kier alpha value is -1.54. The molecule has 0 atom stereocenters. The SMILES string of the molecule is CCNCc1ccc(-c2c(C)c(C)c(C)c(C)c2C)o1. The number of furan rings is 1. The van der Waals surface area contributed by atoms with Crippen molar-refractivity contribution in [2.45, 2.75) is 48.1 Å². The van der Waals surface area contributed by atoms with Crippen LogP contribution in [0.3, 0.4) is 0 Å². The molecule has 1 N–H and O–H groups in total. The van der Waals surface area contributed by atoms with E-state index in [9.17, 15) is 0 Å². The van der Waals surface area contributed by atoms with Crippen molar-refractivity contribution in [3.63, 3.8) is 0 Å². The highest BCUT2D eigenvalue weighted by Crippen LogP contribution is 2.34. The highest BCUT2D eigenvalue weighted by atomic mass is 16.3. The first kappa shape index (κ1) is 14.9. The first-order valence-corrected chi connectivity index (χ1v) is 7.34. The summed E-state index contributed by atoms with van der Waals surface area (Å²) in [7, 11) is 0. The topological polar surface area (TPSA) is 25.2 Å². The molecule has 0 saturated heterocycles. The van der Waals surface area contributed by atoms with Crippen molar-refractivity contribution >= 4 is 0 Å². The summed E-state index contributed by atoms with van der Waals surface area (Å²) in [4.78, 5) is 0. The third-order valence-electron chi connectivity index (χ3n) is 4.46. The van der Waals surface area contributed by atoms with E-state index in [1.165, 1.54) is 33.4 Å². The average Bonchev–Trinajstić information content (AvgIpc) is 2.89. The molecule has 0 aliphatic carbocycles. The van der Waals surface area contributed by atoms with Crippen molar-refractivity contribution in [1.82, 2.24) is 5.32 Å². The molecule has 0 unspecified atom stereocenters. The van der Waals surface area contributed by atoms with Crippen molar-refractivity contribution in [3.05, 3.63) is 45.7 Å². The molecule has 2 heteroatoms. The van der Waals surface area contributed by atoms with E-state index >= 15 is 0 Å². The molecule has 0 aliphatic heterocycles. The van der Waals surface area contributed by atoms with Crippen molar-refractivity contribution in [1.29, 1.82) is 0 Å². The summed E-state index contributed by atoms with van der Waals surface area (Å²) in [5.74, 6) is 1.98. The first-order chi connectivity index (χ1) is 9.47. The zero-order valence-electron chi connectivity index (χ0n) is 13.5. The standard InChI is InChI=1S/C18H25NO/c1-7-19-10-16-8-9-17(20-16)18-14(5)12(3)11(2)13(4)15(18)6/h8-9,19H,7,10H2,1-6H3. The van der Waals surface area contributed by atoms with E-state index in [0.29, 0.717) is 0 Å². The Morgan fingerprint density at radius 1 is 0.850 bits per heavy atom. The predicted octanol–water partition coefficient (Wildman–Crippen LogP) is 4.60. The fraction of sp³-hybridized carbons (Fsp3) is 0.444. The van der Waals surface area contributed by atoms with E-state index in [1.807, 2.05) is 0 Å². The van der Waals surface area contributed by atoms with Crippen LogP contribution < -0.4 is 5.32 Å². The Balaban J connectivity index is 2.50. The largest absolute Gasteiger partial charge is 0.460 e. The fourth-order valence-electron chi connectivity index (χ4n) is 2.73. The van der Waals surface area contributed by atoms with Gasteiger partial charge < -0.3 is 9.73 Å². The molecule has 0 aliphatic rings. The average molecular weight is 271 g/mol. The van der Waals surface area contributed by atoms with E-state index in [4.69, 9.17) is 4.42 Å². The van der Waals surface area contributed by atoms with Gasteiger partial charge in [0.2, 0.25) is 0 Å². The minimum Gasteiger partial charge on any atom is -0.460 e. The van der Waals surface area contributed by atoms with Crippen molar-refractivity contribution < 1.29 is 4.42 Å². The highest BCUT2D eigenvalue weighted by Gasteiger charge is 2.16. The van der Waals surface area contributed by atoms with Crippen LogP contribution >= 0.6 is 0 Å². The van der Waals surface area contributed by atoms with Crippen LogP contribution in [0.2, 0.25) is 0 Å². The Labute approximate surface area is 122 Å². The van der Waals surface area contributed by atoms with Crippen molar-refractivity contribution in [2.24, 2.45) is 0 Å². The number of nitrogens with one attached hydrogen (secondary N) is 1. The summed E-state index contributed by atoms with van der Waals surface area (Å²) in [6, 6.07) is 4.16. The van der Waals surface area contributed by atoms with Crippen LogP contribution in [0.5, 0.6) is 0 Å². The molecule has 20 heavy (non-hydrogen) atoms. The van der Waals surface area contributed by atoms with Crippen LogP contribution in [0.15, 0.2) is 16.5 Å². The lowest BCUT2D eigenvalue weighted by molar-refractivity contribution is 0.498. The lowest BCUT2D eigenvalue weighted by Gasteiger charge is -2.17. The van der Waals surface area contributed by atoms with Gasteiger partial charge in [-0.15, -0.1) is 0 Å². The summed E-state index contributed by atoms with van der Waals surface area (Å²) in [5, 5.41) is 3.30. The van der Waals surface area contributed by atoms with Crippen LogP contribution in [0.25, 0.3) is 11.3 Å². The Bertz CT molecular complexity index is 594. The van der Waals surface area contributed by atoms with Gasteiger partial charge in [-0.2, -0.15) is 0 Å². The minimum atomic E-state index is 0.790. The molecule has 0 bridgehead atoms. The Kier molecular flexibility index (Phi) is 4.34. The number of hydrogen-bond acceptors (Lipinski definition) is 2. The monoisotopic (exact) mass is 271 g/mol. The van der Waals surface area contributed by atoms with E-state index in [-0.39, 0.29) is 0 Å². The molecular weight excluding hydrogens is 246 g/mol. The third kappa shape index (κ3) is 2.53. The van der Waals surface area contributed by atoms with Gasteiger partial charge in [0.15, 0.2) is 0 Å². The van der Waals surface area contributed by atoms with Gasteiger partial charge in [-0.05, 0) is 81.1 Å². The summed E-state index contributed by atoms with van der Waals surface area (Å²) in [5.41, 5.74) is 8.04. The maximum absolute atomic E-state index is 6.02. The van der Waals surface area contributed by atoms with Gasteiger partial charge in [0.25, 0.3) is 0 Å². The third-order valence-corrected chi connectivity index (χ3v) is 4.46. The smallest absolute Gasteiger partial charge is 0.134 e. The van der Waals surface area contributed by atoms with Crippen LogP contribution in [-0.4, -0.2) is 6.54 Å². The maximum atomic E-state index is 6.02. The van der Waals surface area contributed by atoms with Gasteiger partial charge in [0.05, 0.1) is 6.54 Å². The first-order valence-electron chi connectivity index (χ1n) is 7.34. The van der Waals surface area contributed by atoms with E-state index in [2.05, 4.69) is 59.0 Å². The minimum absolute atomic E-state index is 0.790. The van der Waals surface area contributed by atoms with Gasteiger partial charge in [-0.3, -0.25) is 0 Å². The van der Waals surface area contributed by atoms with E-state index in [0.717, 1.165) is 24.6 Å². The second kappa shape index (κ2) is 5.84. The molecule has 1 heterocycles. The van der Waals surface area contributed by atoms with Crippen molar-refractivity contribution in [3.8, 4) is 11.3 Å².